The summed E-state index contributed by atoms with van der Waals surface area (Å²) in [6.07, 6.45) is 7.53. The zero-order chi connectivity index (χ0) is 12.4. The van der Waals surface area contributed by atoms with Crippen LogP contribution in [0.4, 0.5) is 0 Å². The second-order valence-corrected chi connectivity index (χ2v) is 6.49. The van der Waals surface area contributed by atoms with E-state index in [-0.39, 0.29) is 0 Å². The molecule has 0 amide bonds. The molecule has 0 unspecified atom stereocenters. The van der Waals surface area contributed by atoms with Crippen molar-refractivity contribution in [1.82, 2.24) is 14.9 Å². The minimum atomic E-state index is 0.740. The second-order valence-electron chi connectivity index (χ2n) is 4.69. The average molecular weight is 282 g/mol. The van der Waals surface area contributed by atoms with E-state index in [1.165, 1.54) is 23.4 Å². The van der Waals surface area contributed by atoms with Gasteiger partial charge in [0.2, 0.25) is 0 Å². The monoisotopic (exact) mass is 281 g/mol. The Morgan fingerprint density at radius 2 is 2.33 bits per heavy atom. The third-order valence-electron chi connectivity index (χ3n) is 3.18. The largest absolute Gasteiger partial charge is 0.333 e. The molecule has 1 fully saturated rings. The van der Waals surface area contributed by atoms with Crippen molar-refractivity contribution in [1.29, 1.82) is 0 Å². The maximum atomic E-state index is 5.93. The molecule has 3 nitrogen and oxygen atoms in total. The number of halogens is 1. The van der Waals surface area contributed by atoms with Crippen molar-refractivity contribution < 1.29 is 0 Å². The van der Waals surface area contributed by atoms with Gasteiger partial charge in [0.25, 0.3) is 0 Å². The van der Waals surface area contributed by atoms with Gasteiger partial charge < -0.3 is 9.88 Å². The fraction of sp³-hybridized carbons (Fsp3) is 0.462. The first-order chi connectivity index (χ1) is 8.81. The summed E-state index contributed by atoms with van der Waals surface area (Å²) in [5.74, 6) is 0. The minimum Gasteiger partial charge on any atom is -0.333 e. The highest BCUT2D eigenvalue weighted by Gasteiger charge is 2.20. The number of thiophene rings is 1. The molecule has 1 saturated carbocycles. The predicted octanol–water partition coefficient (Wildman–Crippen LogP) is 3.09. The summed E-state index contributed by atoms with van der Waals surface area (Å²) in [7, 11) is 0. The zero-order valence-corrected chi connectivity index (χ0v) is 11.7. The second kappa shape index (κ2) is 5.43. The van der Waals surface area contributed by atoms with Gasteiger partial charge >= 0.3 is 0 Å². The molecule has 2 aromatic heterocycles. The van der Waals surface area contributed by atoms with Gasteiger partial charge in [-0.2, -0.15) is 0 Å². The number of hydrogen-bond acceptors (Lipinski definition) is 3. The maximum Gasteiger partial charge on any atom is 0.0948 e. The summed E-state index contributed by atoms with van der Waals surface area (Å²) in [5, 5.41) is 3.52. The van der Waals surface area contributed by atoms with E-state index in [9.17, 15) is 0 Å². The van der Waals surface area contributed by atoms with E-state index in [1.807, 2.05) is 18.6 Å². The highest BCUT2D eigenvalue weighted by molar-refractivity contribution is 7.16. The molecule has 2 aromatic rings. The molecule has 1 aliphatic carbocycles. The van der Waals surface area contributed by atoms with Crippen molar-refractivity contribution in [2.45, 2.75) is 38.4 Å². The van der Waals surface area contributed by atoms with Crippen LogP contribution >= 0.6 is 22.9 Å². The summed E-state index contributed by atoms with van der Waals surface area (Å²) in [6.45, 7) is 1.90. The summed E-state index contributed by atoms with van der Waals surface area (Å²) in [5.41, 5.74) is 1.27. The van der Waals surface area contributed by atoms with Crippen molar-refractivity contribution in [2.24, 2.45) is 0 Å². The Bertz CT molecular complexity index is 516. The van der Waals surface area contributed by atoms with E-state index >= 15 is 0 Å². The van der Waals surface area contributed by atoms with Gasteiger partial charge in [-0.15, -0.1) is 11.3 Å². The molecular weight excluding hydrogens is 266 g/mol. The van der Waals surface area contributed by atoms with Crippen molar-refractivity contribution >= 4 is 22.9 Å². The van der Waals surface area contributed by atoms with E-state index in [4.69, 9.17) is 11.6 Å². The third-order valence-corrected chi connectivity index (χ3v) is 4.47. The maximum absolute atomic E-state index is 5.93. The zero-order valence-electron chi connectivity index (χ0n) is 10.1. The molecule has 2 heterocycles. The lowest BCUT2D eigenvalue weighted by Crippen LogP contribution is -2.18. The van der Waals surface area contributed by atoms with Crippen molar-refractivity contribution in [3.05, 3.63) is 39.6 Å². The molecule has 0 radical (unpaired) electrons. The van der Waals surface area contributed by atoms with Crippen LogP contribution in [0.15, 0.2) is 24.7 Å². The van der Waals surface area contributed by atoms with Crippen molar-refractivity contribution in [3.8, 4) is 0 Å². The summed E-state index contributed by atoms with van der Waals surface area (Å²) >= 11 is 7.59. The fourth-order valence-electron chi connectivity index (χ4n) is 1.95. The number of hydrogen-bond donors (Lipinski definition) is 1. The lowest BCUT2D eigenvalue weighted by molar-refractivity contribution is 0.608. The van der Waals surface area contributed by atoms with E-state index in [1.54, 1.807) is 11.3 Å². The van der Waals surface area contributed by atoms with E-state index in [0.717, 1.165) is 29.9 Å². The Labute approximate surface area is 116 Å². The third kappa shape index (κ3) is 3.13. The standard InChI is InChI=1S/C13H16ClN3S/c14-13-4-3-12(18-13)5-6-17-9-15-7-11(17)8-16-10-1-2-10/h3-4,7,9-10,16H,1-2,5-6,8H2. The van der Waals surface area contributed by atoms with E-state index in [0.29, 0.717) is 0 Å². The lowest BCUT2D eigenvalue weighted by Gasteiger charge is -2.08. The molecule has 0 saturated heterocycles. The molecule has 1 aliphatic rings. The minimum absolute atomic E-state index is 0.740. The Hall–Kier alpha value is -0.840. The summed E-state index contributed by atoms with van der Waals surface area (Å²) in [6, 6.07) is 4.81. The average Bonchev–Trinajstić information content (AvgIpc) is 2.93. The van der Waals surface area contributed by atoms with Crippen LogP contribution in [0.3, 0.4) is 0 Å². The fourth-order valence-corrected chi connectivity index (χ4v) is 3.03. The van der Waals surface area contributed by atoms with Gasteiger partial charge in [0.15, 0.2) is 0 Å². The smallest absolute Gasteiger partial charge is 0.0948 e. The molecule has 5 heteroatoms. The van der Waals surface area contributed by atoms with Crippen LogP contribution in [0.2, 0.25) is 4.34 Å². The van der Waals surface area contributed by atoms with Crippen LogP contribution in [-0.4, -0.2) is 15.6 Å². The van der Waals surface area contributed by atoms with Crippen molar-refractivity contribution in [2.75, 3.05) is 0 Å². The van der Waals surface area contributed by atoms with Gasteiger partial charge in [-0.3, -0.25) is 0 Å². The van der Waals surface area contributed by atoms with Gasteiger partial charge in [0, 0.05) is 30.2 Å². The van der Waals surface area contributed by atoms with Gasteiger partial charge in [-0.25, -0.2) is 4.98 Å². The summed E-state index contributed by atoms with van der Waals surface area (Å²) < 4.78 is 3.09. The van der Waals surface area contributed by atoms with E-state index in [2.05, 4.69) is 20.9 Å². The molecule has 3 rings (SSSR count). The van der Waals surface area contributed by atoms with Crippen LogP contribution in [0.5, 0.6) is 0 Å². The Morgan fingerprint density at radius 3 is 3.06 bits per heavy atom. The molecule has 1 N–H and O–H groups in total. The number of aryl methyl sites for hydroxylation is 2. The molecular formula is C13H16ClN3S. The molecule has 0 atom stereocenters. The number of nitrogens with one attached hydrogen (secondary N) is 1. The van der Waals surface area contributed by atoms with E-state index < -0.39 is 0 Å². The quantitative estimate of drug-likeness (QED) is 0.882. The van der Waals surface area contributed by atoms with Crippen LogP contribution in [0.1, 0.15) is 23.4 Å². The summed E-state index contributed by atoms with van der Waals surface area (Å²) in [4.78, 5) is 5.57. The molecule has 0 bridgehead atoms. The van der Waals surface area contributed by atoms with Gasteiger partial charge in [0.05, 0.1) is 16.4 Å². The molecule has 18 heavy (non-hydrogen) atoms. The van der Waals surface area contributed by atoms with Crippen LogP contribution in [0.25, 0.3) is 0 Å². The Balaban J connectivity index is 1.56. The van der Waals surface area contributed by atoms with Gasteiger partial charge in [-0.1, -0.05) is 11.6 Å². The normalized spacial score (nSPS) is 15.2. The number of rotatable bonds is 6. The molecule has 96 valence electrons. The number of aromatic nitrogens is 2. The topological polar surface area (TPSA) is 29.9 Å². The first-order valence-electron chi connectivity index (χ1n) is 6.28. The highest BCUT2D eigenvalue weighted by Crippen LogP contribution is 2.22. The SMILES string of the molecule is Clc1ccc(CCn2cncc2CNC2CC2)s1. The molecule has 0 spiro atoms. The van der Waals surface area contributed by atoms with Gasteiger partial charge in [0.1, 0.15) is 0 Å². The van der Waals surface area contributed by atoms with Crippen LogP contribution in [0, 0.1) is 0 Å². The number of imidazole rings is 1. The molecule has 0 aromatic carbocycles. The van der Waals surface area contributed by atoms with Crippen molar-refractivity contribution in [3.63, 3.8) is 0 Å². The lowest BCUT2D eigenvalue weighted by atomic mass is 10.3. The highest BCUT2D eigenvalue weighted by atomic mass is 35.5. The van der Waals surface area contributed by atoms with Gasteiger partial charge in [-0.05, 0) is 31.4 Å². The first kappa shape index (κ1) is 12.2. The number of nitrogens with zero attached hydrogens (tertiary/aromatic N) is 2. The first-order valence-corrected chi connectivity index (χ1v) is 7.47. The van der Waals surface area contributed by atoms with Crippen LogP contribution < -0.4 is 5.32 Å². The predicted molar refractivity (Wildman–Crippen MR) is 75.1 cm³/mol. The Kier molecular flexibility index (Phi) is 3.68. The molecule has 0 aliphatic heterocycles. The Morgan fingerprint density at radius 1 is 1.44 bits per heavy atom. The van der Waals surface area contributed by atoms with Crippen LogP contribution in [-0.2, 0) is 19.5 Å².